The summed E-state index contributed by atoms with van der Waals surface area (Å²) in [5.41, 5.74) is 0.900. The van der Waals surface area contributed by atoms with Crippen molar-refractivity contribution in [2.75, 3.05) is 19.7 Å². The summed E-state index contributed by atoms with van der Waals surface area (Å²) < 4.78 is 6.98. The Bertz CT molecular complexity index is 548. The van der Waals surface area contributed by atoms with Crippen LogP contribution >= 0.6 is 0 Å². The lowest BCUT2D eigenvalue weighted by atomic mass is 9.93. The minimum absolute atomic E-state index is 0.0334. The molecule has 3 rings (SSSR count). The van der Waals surface area contributed by atoms with E-state index in [0.717, 1.165) is 57.3 Å². The van der Waals surface area contributed by atoms with E-state index in [1.165, 1.54) is 0 Å². The number of aromatic nitrogens is 3. The first kappa shape index (κ1) is 17.4. The first-order valence-corrected chi connectivity index (χ1v) is 9.15. The van der Waals surface area contributed by atoms with E-state index in [0.29, 0.717) is 13.2 Å². The Hall–Kier alpha value is -1.47. The van der Waals surface area contributed by atoms with Crippen LogP contribution in [-0.2, 0) is 16.1 Å². The Kier molecular flexibility index (Phi) is 5.84. The van der Waals surface area contributed by atoms with Gasteiger partial charge in [0.15, 0.2) is 0 Å². The van der Waals surface area contributed by atoms with Crippen molar-refractivity contribution >= 4 is 5.97 Å². The Morgan fingerprint density at radius 1 is 1.33 bits per heavy atom. The molecule has 1 N–H and O–H groups in total. The zero-order valence-corrected chi connectivity index (χ0v) is 14.4. The van der Waals surface area contributed by atoms with Gasteiger partial charge in [-0.2, -0.15) is 0 Å². The third kappa shape index (κ3) is 4.13. The predicted octanol–water partition coefficient (Wildman–Crippen LogP) is 1.53. The Morgan fingerprint density at radius 2 is 2.17 bits per heavy atom. The van der Waals surface area contributed by atoms with Gasteiger partial charge in [-0.25, -0.2) is 4.68 Å². The molecule has 1 saturated carbocycles. The summed E-state index contributed by atoms with van der Waals surface area (Å²) in [5.74, 6) is -0.120. The smallest absolute Gasteiger partial charge is 0.310 e. The van der Waals surface area contributed by atoms with Gasteiger partial charge in [-0.15, -0.1) is 5.10 Å². The predicted molar refractivity (Wildman–Crippen MR) is 88.2 cm³/mol. The van der Waals surface area contributed by atoms with E-state index in [2.05, 4.69) is 15.2 Å². The molecule has 7 nitrogen and oxygen atoms in total. The standard InChI is InChI=1S/C17H28N4O3/c1-2-24-17(23)13-6-5-9-20(10-13)11-14-12-21(19-18-14)15-7-3-4-8-16(15)22/h12-13,15-16,22H,2-11H2,1H3. The molecule has 7 heteroatoms. The van der Waals surface area contributed by atoms with E-state index in [4.69, 9.17) is 4.74 Å². The van der Waals surface area contributed by atoms with Crippen LogP contribution < -0.4 is 0 Å². The first-order valence-electron chi connectivity index (χ1n) is 9.15. The van der Waals surface area contributed by atoms with Crippen molar-refractivity contribution < 1.29 is 14.6 Å². The van der Waals surface area contributed by atoms with Gasteiger partial charge in [-0.1, -0.05) is 18.1 Å². The highest BCUT2D eigenvalue weighted by Gasteiger charge is 2.28. The van der Waals surface area contributed by atoms with Gasteiger partial charge < -0.3 is 9.84 Å². The molecule has 1 saturated heterocycles. The summed E-state index contributed by atoms with van der Waals surface area (Å²) in [6, 6.07) is 0.0497. The van der Waals surface area contributed by atoms with E-state index < -0.39 is 0 Å². The molecule has 134 valence electrons. The number of hydrogen-bond acceptors (Lipinski definition) is 6. The summed E-state index contributed by atoms with van der Waals surface area (Å²) >= 11 is 0. The van der Waals surface area contributed by atoms with Crippen LogP contribution in [0, 0.1) is 5.92 Å². The lowest BCUT2D eigenvalue weighted by Crippen LogP contribution is -2.39. The molecule has 1 aliphatic carbocycles. The van der Waals surface area contributed by atoms with Crippen molar-refractivity contribution in [3.8, 4) is 0 Å². The van der Waals surface area contributed by atoms with Gasteiger partial charge in [0.1, 0.15) is 0 Å². The van der Waals surface area contributed by atoms with Gasteiger partial charge in [-0.05, 0) is 39.2 Å². The molecule has 0 bridgehead atoms. The molecule has 2 heterocycles. The van der Waals surface area contributed by atoms with Crippen LogP contribution in [0.5, 0.6) is 0 Å². The highest BCUT2D eigenvalue weighted by molar-refractivity contribution is 5.72. The van der Waals surface area contributed by atoms with Crippen molar-refractivity contribution in [3.05, 3.63) is 11.9 Å². The molecule has 1 aliphatic heterocycles. The van der Waals surface area contributed by atoms with E-state index in [1.807, 2.05) is 17.8 Å². The van der Waals surface area contributed by atoms with Crippen molar-refractivity contribution in [3.63, 3.8) is 0 Å². The third-order valence-electron chi connectivity index (χ3n) is 5.10. The van der Waals surface area contributed by atoms with Crippen molar-refractivity contribution in [2.45, 2.75) is 64.1 Å². The maximum Gasteiger partial charge on any atom is 0.310 e. The lowest BCUT2D eigenvalue weighted by Gasteiger charge is -2.30. The van der Waals surface area contributed by atoms with Crippen molar-refractivity contribution in [1.82, 2.24) is 19.9 Å². The number of likely N-dealkylation sites (tertiary alicyclic amines) is 1. The summed E-state index contributed by atoms with van der Waals surface area (Å²) in [6.07, 6.45) is 7.54. The summed E-state index contributed by atoms with van der Waals surface area (Å²) in [7, 11) is 0. The van der Waals surface area contributed by atoms with E-state index in [9.17, 15) is 9.90 Å². The number of ether oxygens (including phenoxy) is 1. The van der Waals surface area contributed by atoms with E-state index in [1.54, 1.807) is 0 Å². The second-order valence-corrected chi connectivity index (χ2v) is 6.94. The minimum Gasteiger partial charge on any atom is -0.466 e. The molecule has 2 fully saturated rings. The molecular weight excluding hydrogens is 308 g/mol. The fourth-order valence-corrected chi connectivity index (χ4v) is 3.83. The van der Waals surface area contributed by atoms with Crippen LogP contribution in [0.2, 0.25) is 0 Å². The molecule has 2 aliphatic rings. The molecule has 1 aromatic rings. The maximum absolute atomic E-state index is 11.9. The van der Waals surface area contributed by atoms with E-state index in [-0.39, 0.29) is 24.0 Å². The van der Waals surface area contributed by atoms with Crippen LogP contribution in [0.25, 0.3) is 0 Å². The second-order valence-electron chi connectivity index (χ2n) is 6.94. The number of rotatable bonds is 5. The minimum atomic E-state index is -0.323. The van der Waals surface area contributed by atoms with Gasteiger partial charge in [-0.3, -0.25) is 9.69 Å². The number of aliphatic hydroxyl groups is 1. The number of piperidine rings is 1. The Labute approximate surface area is 143 Å². The quantitative estimate of drug-likeness (QED) is 0.821. The van der Waals surface area contributed by atoms with Crippen molar-refractivity contribution in [1.29, 1.82) is 0 Å². The van der Waals surface area contributed by atoms with E-state index >= 15 is 0 Å². The lowest BCUT2D eigenvalue weighted by molar-refractivity contribution is -0.150. The second kappa shape index (κ2) is 8.07. The number of hydrogen-bond donors (Lipinski definition) is 1. The van der Waals surface area contributed by atoms with Gasteiger partial charge in [0.2, 0.25) is 0 Å². The van der Waals surface area contributed by atoms with Gasteiger partial charge >= 0.3 is 5.97 Å². The molecular formula is C17H28N4O3. The average molecular weight is 336 g/mol. The normalized spacial score (nSPS) is 28.7. The zero-order chi connectivity index (χ0) is 16.9. The van der Waals surface area contributed by atoms with Crippen LogP contribution in [-0.4, -0.2) is 56.8 Å². The van der Waals surface area contributed by atoms with Gasteiger partial charge in [0, 0.05) is 13.1 Å². The summed E-state index contributed by atoms with van der Waals surface area (Å²) in [4.78, 5) is 14.2. The number of carbonyl (C=O) groups is 1. The molecule has 0 aromatic carbocycles. The van der Waals surface area contributed by atoms with Crippen molar-refractivity contribution in [2.24, 2.45) is 5.92 Å². The largest absolute Gasteiger partial charge is 0.466 e. The highest BCUT2D eigenvalue weighted by atomic mass is 16.5. The summed E-state index contributed by atoms with van der Waals surface area (Å²) in [6.45, 7) is 4.66. The highest BCUT2D eigenvalue weighted by Crippen LogP contribution is 2.28. The molecule has 3 atom stereocenters. The topological polar surface area (TPSA) is 80.5 Å². The molecule has 24 heavy (non-hydrogen) atoms. The number of esters is 1. The zero-order valence-electron chi connectivity index (χ0n) is 14.4. The fraction of sp³-hybridized carbons (Fsp3) is 0.824. The third-order valence-corrected chi connectivity index (χ3v) is 5.10. The molecule has 0 amide bonds. The number of aliphatic hydroxyl groups excluding tert-OH is 1. The first-order chi connectivity index (χ1) is 11.7. The fourth-order valence-electron chi connectivity index (χ4n) is 3.83. The van der Waals surface area contributed by atoms with Crippen LogP contribution in [0.15, 0.2) is 6.20 Å². The van der Waals surface area contributed by atoms with Crippen LogP contribution in [0.1, 0.15) is 57.2 Å². The summed E-state index contributed by atoms with van der Waals surface area (Å²) in [5, 5.41) is 18.6. The number of nitrogens with zero attached hydrogens (tertiary/aromatic N) is 4. The number of carbonyl (C=O) groups excluding carboxylic acids is 1. The molecule has 1 aromatic heterocycles. The Morgan fingerprint density at radius 3 is 2.96 bits per heavy atom. The molecule has 3 unspecified atom stereocenters. The van der Waals surface area contributed by atoms with Gasteiger partial charge in [0.05, 0.1) is 36.6 Å². The van der Waals surface area contributed by atoms with Crippen LogP contribution in [0.3, 0.4) is 0 Å². The molecule has 0 spiro atoms. The monoisotopic (exact) mass is 336 g/mol. The van der Waals surface area contributed by atoms with Gasteiger partial charge in [0.25, 0.3) is 0 Å². The Balaban J connectivity index is 1.57. The SMILES string of the molecule is CCOC(=O)C1CCCN(Cc2cn(C3CCCCC3O)nn2)C1. The van der Waals surface area contributed by atoms with Crippen LogP contribution in [0.4, 0.5) is 0 Å². The maximum atomic E-state index is 11.9. The average Bonchev–Trinajstić information content (AvgIpc) is 3.04. The molecule has 0 radical (unpaired) electrons.